The van der Waals surface area contributed by atoms with E-state index < -0.39 is 0 Å². The number of carbonyl (C=O) groups excluding carboxylic acids is 1. The number of hydrogen-bond acceptors (Lipinski definition) is 4. The van der Waals surface area contributed by atoms with Gasteiger partial charge in [0, 0.05) is 23.4 Å². The molecule has 3 atom stereocenters. The van der Waals surface area contributed by atoms with Crippen molar-refractivity contribution in [2.45, 2.75) is 50.6 Å². The summed E-state index contributed by atoms with van der Waals surface area (Å²) >= 11 is 1.79. The monoisotopic (exact) mass is 393 g/mol. The maximum Gasteiger partial charge on any atom is 0.223 e. The molecule has 4 nitrogen and oxygen atoms in total. The molecule has 1 saturated heterocycles. The maximum absolute atomic E-state index is 12.5. The molecule has 24 heavy (non-hydrogen) atoms. The summed E-state index contributed by atoms with van der Waals surface area (Å²) < 4.78 is 0. The van der Waals surface area contributed by atoms with Crippen LogP contribution >= 0.6 is 36.2 Å². The molecule has 1 aliphatic carbocycles. The highest BCUT2D eigenvalue weighted by molar-refractivity contribution is 7.10. The van der Waals surface area contributed by atoms with Crippen LogP contribution < -0.4 is 11.1 Å². The van der Waals surface area contributed by atoms with E-state index in [0.29, 0.717) is 6.04 Å². The lowest BCUT2D eigenvalue weighted by molar-refractivity contribution is -0.126. The fraction of sp³-hybridized carbons (Fsp3) is 0.706. The third kappa shape index (κ3) is 5.60. The van der Waals surface area contributed by atoms with Crippen molar-refractivity contribution in [1.82, 2.24) is 10.2 Å². The first kappa shape index (κ1) is 21.7. The Morgan fingerprint density at radius 3 is 2.67 bits per heavy atom. The van der Waals surface area contributed by atoms with Gasteiger partial charge in [-0.1, -0.05) is 12.5 Å². The third-order valence-electron chi connectivity index (χ3n) is 5.01. The van der Waals surface area contributed by atoms with Crippen molar-refractivity contribution in [3.8, 4) is 0 Å². The molecule has 0 aromatic carbocycles. The van der Waals surface area contributed by atoms with E-state index in [9.17, 15) is 4.79 Å². The van der Waals surface area contributed by atoms with E-state index in [1.165, 1.54) is 17.7 Å². The highest BCUT2D eigenvalue weighted by Gasteiger charge is 2.28. The van der Waals surface area contributed by atoms with Crippen LogP contribution in [0.1, 0.15) is 49.4 Å². The first-order valence-electron chi connectivity index (χ1n) is 8.55. The molecule has 2 heterocycles. The molecule has 1 aromatic rings. The molecule has 1 amide bonds. The smallest absolute Gasteiger partial charge is 0.223 e. The topological polar surface area (TPSA) is 58.4 Å². The lowest BCUT2D eigenvalue weighted by Crippen LogP contribution is -2.41. The summed E-state index contributed by atoms with van der Waals surface area (Å²) in [6.07, 6.45) is 6.53. The Morgan fingerprint density at radius 2 is 2.04 bits per heavy atom. The normalized spacial score (nSPS) is 25.4. The molecule has 2 aliphatic rings. The lowest BCUT2D eigenvalue weighted by atomic mass is 9.85. The van der Waals surface area contributed by atoms with Gasteiger partial charge < -0.3 is 11.1 Å². The van der Waals surface area contributed by atoms with Crippen molar-refractivity contribution in [1.29, 1.82) is 0 Å². The van der Waals surface area contributed by atoms with Crippen molar-refractivity contribution >= 4 is 42.1 Å². The van der Waals surface area contributed by atoms with Crippen LogP contribution in [0.2, 0.25) is 0 Å². The molecule has 1 aliphatic heterocycles. The van der Waals surface area contributed by atoms with Crippen molar-refractivity contribution in [2.75, 3.05) is 19.6 Å². The zero-order chi connectivity index (χ0) is 15.4. The molecule has 3 N–H and O–H groups in total. The molecular formula is C17H29Cl2N3OS. The number of rotatable bonds is 5. The van der Waals surface area contributed by atoms with Crippen LogP contribution in [-0.2, 0) is 4.79 Å². The van der Waals surface area contributed by atoms with Crippen molar-refractivity contribution in [3.63, 3.8) is 0 Å². The number of carbonyl (C=O) groups is 1. The third-order valence-corrected chi connectivity index (χ3v) is 5.98. The maximum atomic E-state index is 12.5. The molecule has 0 spiro atoms. The minimum absolute atomic E-state index is 0. The minimum atomic E-state index is 0. The molecule has 2 fully saturated rings. The average molecular weight is 394 g/mol. The zero-order valence-electron chi connectivity index (χ0n) is 14.0. The summed E-state index contributed by atoms with van der Waals surface area (Å²) in [5.74, 6) is 0.321. The van der Waals surface area contributed by atoms with Crippen LogP contribution in [0.4, 0.5) is 0 Å². The quantitative estimate of drug-likeness (QED) is 0.805. The zero-order valence-corrected chi connectivity index (χ0v) is 16.4. The standard InChI is InChI=1S/C17H27N3OS.2ClH/c18-14-6-3-5-13(11-14)17(21)19-12-15(16-7-4-10-22-16)20-8-1-2-9-20;;/h4,7,10,13-15H,1-3,5-6,8-9,11-12,18H2,(H,19,21);2*1H. The van der Waals surface area contributed by atoms with E-state index in [4.69, 9.17) is 5.73 Å². The van der Waals surface area contributed by atoms with Gasteiger partial charge >= 0.3 is 0 Å². The van der Waals surface area contributed by atoms with Crippen molar-refractivity contribution in [3.05, 3.63) is 22.4 Å². The molecular weight excluding hydrogens is 365 g/mol. The van der Waals surface area contributed by atoms with Crippen molar-refractivity contribution < 1.29 is 4.79 Å². The Bertz CT molecular complexity index is 480. The van der Waals surface area contributed by atoms with E-state index >= 15 is 0 Å². The molecule has 138 valence electrons. The van der Waals surface area contributed by atoms with Gasteiger partial charge in [-0.25, -0.2) is 0 Å². The second kappa shape index (κ2) is 10.6. The first-order valence-corrected chi connectivity index (χ1v) is 9.43. The number of hydrogen-bond donors (Lipinski definition) is 2. The molecule has 1 saturated carbocycles. The second-order valence-corrected chi connectivity index (χ2v) is 7.62. The summed E-state index contributed by atoms with van der Waals surface area (Å²) in [6, 6.07) is 4.83. The fourth-order valence-corrected chi connectivity index (χ4v) is 4.61. The number of thiophene rings is 1. The Labute approximate surface area is 161 Å². The van der Waals surface area contributed by atoms with Crippen molar-refractivity contribution in [2.24, 2.45) is 11.7 Å². The number of halogens is 2. The van der Waals surface area contributed by atoms with E-state index in [2.05, 4.69) is 27.7 Å². The van der Waals surface area contributed by atoms with Gasteiger partial charge in [0.05, 0.1) is 6.04 Å². The number of nitrogens with two attached hydrogens (primary N) is 1. The average Bonchev–Trinajstić information content (AvgIpc) is 3.21. The number of amides is 1. The van der Waals surface area contributed by atoms with Gasteiger partial charge in [0.2, 0.25) is 5.91 Å². The molecule has 7 heteroatoms. The summed E-state index contributed by atoms with van der Waals surface area (Å²) in [5.41, 5.74) is 6.01. The second-order valence-electron chi connectivity index (χ2n) is 6.64. The summed E-state index contributed by atoms with van der Waals surface area (Å²) in [4.78, 5) is 16.3. The van der Waals surface area contributed by atoms with E-state index in [1.54, 1.807) is 11.3 Å². The predicted molar refractivity (Wildman–Crippen MR) is 105 cm³/mol. The molecule has 0 bridgehead atoms. The van der Waals surface area contributed by atoms with Crippen LogP contribution in [-0.4, -0.2) is 36.5 Å². The molecule has 3 rings (SSSR count). The number of nitrogens with one attached hydrogen (secondary N) is 1. The van der Waals surface area contributed by atoms with Gasteiger partial charge in [0.1, 0.15) is 0 Å². The van der Waals surface area contributed by atoms with Gasteiger partial charge in [0.25, 0.3) is 0 Å². The molecule has 3 unspecified atom stereocenters. The Kier molecular flexibility index (Phi) is 9.60. The summed E-state index contributed by atoms with van der Waals surface area (Å²) in [5, 5.41) is 5.33. The first-order chi connectivity index (χ1) is 10.7. The Morgan fingerprint density at radius 1 is 1.29 bits per heavy atom. The van der Waals surface area contributed by atoms with Gasteiger partial charge in [-0.05, 0) is 56.6 Å². The summed E-state index contributed by atoms with van der Waals surface area (Å²) in [7, 11) is 0. The van der Waals surface area contributed by atoms with Gasteiger partial charge in [-0.15, -0.1) is 36.2 Å². The Balaban J connectivity index is 0.00000144. The van der Waals surface area contributed by atoms with Gasteiger partial charge in [-0.3, -0.25) is 9.69 Å². The minimum Gasteiger partial charge on any atom is -0.354 e. The van der Waals surface area contributed by atoms with Crippen LogP contribution in [0.5, 0.6) is 0 Å². The van der Waals surface area contributed by atoms with Crippen LogP contribution in [0.25, 0.3) is 0 Å². The van der Waals surface area contributed by atoms with Crippen LogP contribution in [0, 0.1) is 5.92 Å². The van der Waals surface area contributed by atoms with Crippen LogP contribution in [0.3, 0.4) is 0 Å². The van der Waals surface area contributed by atoms with E-state index in [0.717, 1.165) is 45.3 Å². The number of likely N-dealkylation sites (tertiary alicyclic amines) is 1. The van der Waals surface area contributed by atoms with Crippen LogP contribution in [0.15, 0.2) is 17.5 Å². The predicted octanol–water partition coefficient (Wildman–Crippen LogP) is 3.36. The lowest BCUT2D eigenvalue weighted by Gasteiger charge is -2.29. The SMILES string of the molecule is Cl.Cl.NC1CCCC(C(=O)NCC(c2cccs2)N2CCCC2)C1. The number of nitrogens with zero attached hydrogens (tertiary/aromatic N) is 1. The largest absolute Gasteiger partial charge is 0.354 e. The highest BCUT2D eigenvalue weighted by Crippen LogP contribution is 2.28. The molecule has 0 radical (unpaired) electrons. The van der Waals surface area contributed by atoms with Gasteiger partial charge in [0.15, 0.2) is 0 Å². The fourth-order valence-electron chi connectivity index (χ4n) is 3.75. The summed E-state index contributed by atoms with van der Waals surface area (Å²) in [6.45, 7) is 3.02. The molecule has 1 aromatic heterocycles. The Hall–Kier alpha value is -0.330. The van der Waals surface area contributed by atoms with E-state index in [1.807, 2.05) is 0 Å². The highest BCUT2D eigenvalue weighted by atomic mass is 35.5. The van der Waals surface area contributed by atoms with E-state index in [-0.39, 0.29) is 42.7 Å². The van der Waals surface area contributed by atoms with Gasteiger partial charge in [-0.2, -0.15) is 0 Å².